The molecule has 0 spiro atoms. The molecule has 1 saturated heterocycles. The SMILES string of the molecule is Cc1cn([C@]2(Cl)O[C@H](CO)[C@@H](O)C2(Cl)Cl)c(=O)[nH]c1=O. The van der Waals surface area contributed by atoms with E-state index in [0.717, 1.165) is 10.8 Å². The minimum atomic E-state index is -2.17. The summed E-state index contributed by atoms with van der Waals surface area (Å²) < 4.78 is 3.88. The summed E-state index contributed by atoms with van der Waals surface area (Å²) in [4.78, 5) is 25.2. The van der Waals surface area contributed by atoms with Gasteiger partial charge in [0.2, 0.25) is 4.33 Å². The smallest absolute Gasteiger partial charge is 0.331 e. The minimum absolute atomic E-state index is 0.166. The Morgan fingerprint density at radius 1 is 1.45 bits per heavy atom. The molecule has 0 radical (unpaired) electrons. The number of ether oxygens (including phenoxy) is 1. The maximum absolute atomic E-state index is 11.9. The second-order valence-corrected chi connectivity index (χ2v) is 6.31. The van der Waals surface area contributed by atoms with Crippen LogP contribution < -0.4 is 11.2 Å². The molecule has 0 aliphatic carbocycles. The molecule has 112 valence electrons. The summed E-state index contributed by atoms with van der Waals surface area (Å²) in [7, 11) is 0. The fraction of sp³-hybridized carbons (Fsp3) is 0.600. The Morgan fingerprint density at radius 2 is 2.05 bits per heavy atom. The third kappa shape index (κ3) is 2.09. The highest BCUT2D eigenvalue weighted by Crippen LogP contribution is 2.52. The lowest BCUT2D eigenvalue weighted by Gasteiger charge is -2.32. The van der Waals surface area contributed by atoms with Gasteiger partial charge in [-0.3, -0.25) is 14.3 Å². The van der Waals surface area contributed by atoms with Gasteiger partial charge in [0.25, 0.3) is 10.7 Å². The molecular weight excluding hydrogens is 334 g/mol. The van der Waals surface area contributed by atoms with Crippen molar-refractivity contribution in [1.29, 1.82) is 0 Å². The van der Waals surface area contributed by atoms with E-state index in [0.29, 0.717) is 0 Å². The molecule has 3 N–H and O–H groups in total. The number of H-pyrrole nitrogens is 1. The molecular formula is C10H11Cl3N2O5. The van der Waals surface area contributed by atoms with Gasteiger partial charge >= 0.3 is 5.69 Å². The van der Waals surface area contributed by atoms with Gasteiger partial charge in [-0.1, -0.05) is 34.8 Å². The highest BCUT2D eigenvalue weighted by molar-refractivity contribution is 6.53. The Morgan fingerprint density at radius 3 is 2.55 bits per heavy atom. The molecule has 1 aromatic rings. The number of nitrogens with zero attached hydrogens (tertiary/aromatic N) is 1. The van der Waals surface area contributed by atoms with E-state index < -0.39 is 39.6 Å². The predicted octanol–water partition coefficient (Wildman–Crippen LogP) is -0.380. The predicted molar refractivity (Wildman–Crippen MR) is 72.3 cm³/mol. The van der Waals surface area contributed by atoms with E-state index in [2.05, 4.69) is 0 Å². The van der Waals surface area contributed by atoms with E-state index in [-0.39, 0.29) is 5.56 Å². The maximum Gasteiger partial charge on any atom is 0.331 e. The Hall–Kier alpha value is -0.570. The maximum atomic E-state index is 11.9. The van der Waals surface area contributed by atoms with Gasteiger partial charge in [0, 0.05) is 11.8 Å². The van der Waals surface area contributed by atoms with Crippen molar-refractivity contribution in [3.8, 4) is 0 Å². The largest absolute Gasteiger partial charge is 0.394 e. The average molecular weight is 346 g/mol. The number of hydrogen-bond donors (Lipinski definition) is 3. The van der Waals surface area contributed by atoms with Gasteiger partial charge < -0.3 is 14.9 Å². The van der Waals surface area contributed by atoms with Gasteiger partial charge in [0.15, 0.2) is 0 Å². The zero-order valence-electron chi connectivity index (χ0n) is 10.1. The number of alkyl halides is 3. The molecule has 1 aliphatic rings. The monoisotopic (exact) mass is 344 g/mol. The molecule has 10 heteroatoms. The molecule has 2 heterocycles. The topological polar surface area (TPSA) is 105 Å². The third-order valence-electron chi connectivity index (χ3n) is 3.05. The fourth-order valence-corrected chi connectivity index (χ4v) is 2.80. The Bertz CT molecular complexity index is 643. The molecule has 20 heavy (non-hydrogen) atoms. The second-order valence-electron chi connectivity index (χ2n) is 4.41. The highest BCUT2D eigenvalue weighted by Gasteiger charge is 2.65. The van der Waals surface area contributed by atoms with Gasteiger partial charge in [-0.05, 0) is 6.92 Å². The lowest BCUT2D eigenvalue weighted by atomic mass is 10.1. The van der Waals surface area contributed by atoms with Gasteiger partial charge in [-0.25, -0.2) is 4.79 Å². The van der Waals surface area contributed by atoms with Crippen LogP contribution in [0.1, 0.15) is 5.56 Å². The molecule has 1 aliphatic heterocycles. The molecule has 0 unspecified atom stereocenters. The zero-order valence-corrected chi connectivity index (χ0v) is 12.4. The summed E-state index contributed by atoms with van der Waals surface area (Å²) >= 11 is 18.2. The quantitative estimate of drug-likeness (QED) is 0.634. The van der Waals surface area contributed by atoms with Crippen molar-refractivity contribution in [3.63, 3.8) is 0 Å². The molecule has 0 aromatic carbocycles. The van der Waals surface area contributed by atoms with Gasteiger partial charge in [0.05, 0.1) is 6.61 Å². The average Bonchev–Trinajstić information content (AvgIpc) is 2.55. The molecule has 7 nitrogen and oxygen atoms in total. The number of aliphatic hydroxyl groups is 2. The Balaban J connectivity index is 2.65. The third-order valence-corrected chi connectivity index (χ3v) is 4.77. The Labute approximate surface area is 127 Å². The number of aliphatic hydroxyl groups excluding tert-OH is 2. The van der Waals surface area contributed by atoms with Crippen LogP contribution in [0.2, 0.25) is 0 Å². The molecule has 2 rings (SSSR count). The lowest BCUT2D eigenvalue weighted by Crippen LogP contribution is -2.51. The first-order chi connectivity index (χ1) is 9.15. The summed E-state index contributed by atoms with van der Waals surface area (Å²) in [6, 6.07) is 0. The van der Waals surface area contributed by atoms with Crippen molar-refractivity contribution in [2.24, 2.45) is 0 Å². The highest BCUT2D eigenvalue weighted by atomic mass is 35.5. The van der Waals surface area contributed by atoms with Crippen LogP contribution in [0, 0.1) is 6.92 Å². The van der Waals surface area contributed by atoms with Crippen LogP contribution in [0.15, 0.2) is 15.8 Å². The Kier molecular flexibility index (Phi) is 3.96. The number of rotatable bonds is 2. The van der Waals surface area contributed by atoms with Crippen LogP contribution in [0.3, 0.4) is 0 Å². The summed E-state index contributed by atoms with van der Waals surface area (Å²) in [6.07, 6.45) is -1.60. The van der Waals surface area contributed by atoms with Crippen LogP contribution >= 0.6 is 34.8 Å². The van der Waals surface area contributed by atoms with Crippen molar-refractivity contribution in [1.82, 2.24) is 9.55 Å². The van der Waals surface area contributed by atoms with Gasteiger partial charge in [-0.2, -0.15) is 0 Å². The van der Waals surface area contributed by atoms with Gasteiger partial charge in [0.1, 0.15) is 12.2 Å². The number of aromatic amines is 1. The van der Waals surface area contributed by atoms with Crippen molar-refractivity contribution in [2.45, 2.75) is 28.6 Å². The first-order valence-electron chi connectivity index (χ1n) is 5.51. The van der Waals surface area contributed by atoms with E-state index in [1.165, 1.54) is 6.92 Å². The van der Waals surface area contributed by atoms with E-state index in [4.69, 9.17) is 44.6 Å². The summed E-state index contributed by atoms with van der Waals surface area (Å²) in [5.74, 6) is 0. The summed E-state index contributed by atoms with van der Waals surface area (Å²) in [5.41, 5.74) is -1.34. The fourth-order valence-electron chi connectivity index (χ4n) is 1.89. The molecule has 1 aromatic heterocycles. The number of halogens is 3. The zero-order chi connectivity index (χ0) is 15.3. The normalized spacial score (nSPS) is 32.5. The van der Waals surface area contributed by atoms with Crippen molar-refractivity contribution in [2.75, 3.05) is 6.61 Å². The van der Waals surface area contributed by atoms with Crippen LogP contribution in [-0.4, -0.2) is 42.9 Å². The first-order valence-corrected chi connectivity index (χ1v) is 6.65. The van der Waals surface area contributed by atoms with E-state index in [1.807, 2.05) is 4.98 Å². The first kappa shape index (κ1) is 15.8. The van der Waals surface area contributed by atoms with Crippen LogP contribution in [0.4, 0.5) is 0 Å². The summed E-state index contributed by atoms with van der Waals surface area (Å²) in [5, 5.41) is 16.8. The van der Waals surface area contributed by atoms with Crippen molar-refractivity contribution >= 4 is 34.8 Å². The van der Waals surface area contributed by atoms with Crippen LogP contribution in [0.25, 0.3) is 0 Å². The molecule has 3 atom stereocenters. The van der Waals surface area contributed by atoms with Crippen LogP contribution in [0.5, 0.6) is 0 Å². The van der Waals surface area contributed by atoms with E-state index in [1.54, 1.807) is 0 Å². The number of aryl methyl sites for hydroxylation is 1. The molecule has 0 amide bonds. The van der Waals surface area contributed by atoms with E-state index in [9.17, 15) is 14.7 Å². The van der Waals surface area contributed by atoms with Crippen molar-refractivity contribution < 1.29 is 14.9 Å². The van der Waals surface area contributed by atoms with Crippen molar-refractivity contribution in [3.05, 3.63) is 32.6 Å². The number of hydrogen-bond acceptors (Lipinski definition) is 5. The number of nitrogens with one attached hydrogen (secondary N) is 1. The van der Waals surface area contributed by atoms with Gasteiger partial charge in [-0.15, -0.1) is 0 Å². The van der Waals surface area contributed by atoms with Crippen LogP contribution in [-0.2, 0) is 9.92 Å². The summed E-state index contributed by atoms with van der Waals surface area (Å²) in [6.45, 7) is 0.835. The standard InChI is InChI=1S/C10H11Cl3N2O5/c1-4-2-15(8(19)14-7(4)18)10(13)9(11,12)6(17)5(3-16)20-10/h2,5-6,16-17H,3H2,1H3,(H,14,18,19)/t5-,6-,10+/m1/s1. The van der Waals surface area contributed by atoms with E-state index >= 15 is 0 Å². The molecule has 0 bridgehead atoms. The number of aromatic nitrogens is 2. The minimum Gasteiger partial charge on any atom is -0.394 e. The second kappa shape index (κ2) is 5.01. The lowest BCUT2D eigenvalue weighted by molar-refractivity contribution is -0.0701. The molecule has 0 saturated carbocycles. The molecule has 1 fully saturated rings.